The predicted molar refractivity (Wildman–Crippen MR) is 82.0 cm³/mol. The molecule has 1 aliphatic rings. The third-order valence-electron chi connectivity index (χ3n) is 3.93. The summed E-state index contributed by atoms with van der Waals surface area (Å²) < 4.78 is 1.34. The lowest BCUT2D eigenvalue weighted by atomic mass is 10.1. The van der Waals surface area contributed by atoms with Crippen molar-refractivity contribution in [1.29, 1.82) is 5.26 Å². The Hall–Kier alpha value is -3.20. The van der Waals surface area contributed by atoms with Gasteiger partial charge < -0.3 is 4.57 Å². The summed E-state index contributed by atoms with van der Waals surface area (Å²) >= 11 is 0. The van der Waals surface area contributed by atoms with Crippen molar-refractivity contribution in [2.24, 2.45) is 0 Å². The summed E-state index contributed by atoms with van der Waals surface area (Å²) in [6, 6.07) is 10.2. The van der Waals surface area contributed by atoms with E-state index in [1.165, 1.54) is 4.57 Å². The van der Waals surface area contributed by atoms with E-state index in [-0.39, 0.29) is 30.5 Å². The molecule has 1 aromatic carbocycles. The molecular weight excluding hydrogens is 294 g/mol. The van der Waals surface area contributed by atoms with Gasteiger partial charge in [0.15, 0.2) is 0 Å². The van der Waals surface area contributed by atoms with Gasteiger partial charge in [-0.25, -0.2) is 0 Å². The van der Waals surface area contributed by atoms with Gasteiger partial charge in [-0.15, -0.1) is 0 Å². The average Bonchev–Trinajstić information content (AvgIpc) is 2.79. The summed E-state index contributed by atoms with van der Waals surface area (Å²) in [5.41, 5.74) is 1.03. The number of aromatic nitrogens is 1. The number of nitriles is 1. The number of rotatable bonds is 3. The minimum Gasteiger partial charge on any atom is -0.313 e. The molecule has 0 N–H and O–H groups in total. The smallest absolute Gasteiger partial charge is 0.268 e. The Morgan fingerprint density at radius 2 is 1.61 bits per heavy atom. The van der Waals surface area contributed by atoms with Crippen LogP contribution in [-0.4, -0.2) is 27.8 Å². The largest absolute Gasteiger partial charge is 0.313 e. The van der Waals surface area contributed by atoms with Crippen LogP contribution in [0.15, 0.2) is 41.3 Å². The normalized spacial score (nSPS) is 13.1. The standard InChI is InChI=1S/C17H13N3O3/c1-11-6-7-19(15(21)14(11)10-18)8-9-20-16(22)12-4-2-3-5-13(12)17(20)23/h2-7H,8-9H2,1H3. The topological polar surface area (TPSA) is 83.2 Å². The van der Waals surface area contributed by atoms with Crippen molar-refractivity contribution in [3.63, 3.8) is 0 Å². The van der Waals surface area contributed by atoms with Crippen LogP contribution in [0.2, 0.25) is 0 Å². The van der Waals surface area contributed by atoms with Crippen molar-refractivity contribution in [2.45, 2.75) is 13.5 Å². The maximum atomic E-state index is 12.3. The average molecular weight is 307 g/mol. The fraction of sp³-hybridized carbons (Fsp3) is 0.176. The third-order valence-corrected chi connectivity index (χ3v) is 3.93. The lowest BCUT2D eigenvalue weighted by Gasteiger charge is -2.15. The van der Waals surface area contributed by atoms with Crippen molar-refractivity contribution in [3.8, 4) is 6.07 Å². The quantitative estimate of drug-likeness (QED) is 0.801. The van der Waals surface area contributed by atoms with E-state index >= 15 is 0 Å². The number of fused-ring (bicyclic) bond motifs is 1. The van der Waals surface area contributed by atoms with Crippen LogP contribution in [0.5, 0.6) is 0 Å². The van der Waals surface area contributed by atoms with E-state index in [1.807, 2.05) is 6.07 Å². The van der Waals surface area contributed by atoms with Crippen molar-refractivity contribution >= 4 is 11.8 Å². The molecule has 0 fully saturated rings. The summed E-state index contributed by atoms with van der Waals surface area (Å²) in [5.74, 6) is -0.711. The molecule has 3 rings (SSSR count). The molecule has 114 valence electrons. The van der Waals surface area contributed by atoms with Gasteiger partial charge in [0, 0.05) is 19.3 Å². The highest BCUT2D eigenvalue weighted by molar-refractivity contribution is 6.21. The number of carbonyl (C=O) groups is 2. The lowest BCUT2D eigenvalue weighted by molar-refractivity contribution is 0.0648. The number of imide groups is 1. The molecule has 0 unspecified atom stereocenters. The lowest BCUT2D eigenvalue weighted by Crippen LogP contribution is -2.35. The zero-order valence-corrected chi connectivity index (χ0v) is 12.4. The number of benzene rings is 1. The summed E-state index contributed by atoms with van der Waals surface area (Å²) in [6.07, 6.45) is 1.57. The summed E-state index contributed by atoms with van der Waals surface area (Å²) in [7, 11) is 0. The molecule has 2 amide bonds. The Labute approximate surface area is 132 Å². The second-order valence-electron chi connectivity index (χ2n) is 5.29. The highest BCUT2D eigenvalue weighted by Gasteiger charge is 2.34. The van der Waals surface area contributed by atoms with Crippen LogP contribution >= 0.6 is 0 Å². The summed E-state index contributed by atoms with van der Waals surface area (Å²) in [4.78, 5) is 37.8. The monoisotopic (exact) mass is 307 g/mol. The molecule has 0 radical (unpaired) electrons. The van der Waals surface area contributed by atoms with E-state index in [0.29, 0.717) is 16.7 Å². The molecule has 6 heteroatoms. The Morgan fingerprint density at radius 1 is 1.00 bits per heavy atom. The van der Waals surface area contributed by atoms with E-state index in [1.54, 1.807) is 43.5 Å². The van der Waals surface area contributed by atoms with Crippen LogP contribution < -0.4 is 5.56 Å². The molecule has 1 aliphatic heterocycles. The molecule has 1 aromatic heterocycles. The zero-order chi connectivity index (χ0) is 16.6. The Morgan fingerprint density at radius 3 is 2.17 bits per heavy atom. The third kappa shape index (κ3) is 2.32. The van der Waals surface area contributed by atoms with Crippen molar-refractivity contribution < 1.29 is 9.59 Å². The van der Waals surface area contributed by atoms with Crippen molar-refractivity contribution in [2.75, 3.05) is 6.54 Å². The highest BCUT2D eigenvalue weighted by atomic mass is 16.2. The maximum absolute atomic E-state index is 12.3. The number of carbonyl (C=O) groups excluding carboxylic acids is 2. The van der Waals surface area contributed by atoms with Crippen molar-refractivity contribution in [3.05, 3.63) is 69.1 Å². The second-order valence-corrected chi connectivity index (χ2v) is 5.29. The van der Waals surface area contributed by atoms with E-state index in [0.717, 1.165) is 4.90 Å². The number of hydrogen-bond acceptors (Lipinski definition) is 4. The molecule has 23 heavy (non-hydrogen) atoms. The van der Waals surface area contributed by atoms with Gasteiger partial charge in [-0.1, -0.05) is 12.1 Å². The number of hydrogen-bond donors (Lipinski definition) is 0. The molecule has 0 spiro atoms. The van der Waals surface area contributed by atoms with Crippen LogP contribution in [0.1, 0.15) is 31.8 Å². The van der Waals surface area contributed by atoms with Crippen LogP contribution in [0.4, 0.5) is 0 Å². The molecule has 0 atom stereocenters. The van der Waals surface area contributed by atoms with Gasteiger partial charge in [-0.2, -0.15) is 5.26 Å². The first-order valence-electron chi connectivity index (χ1n) is 7.10. The fourth-order valence-corrected chi connectivity index (χ4v) is 2.63. The minimum absolute atomic E-state index is 0.0786. The van der Waals surface area contributed by atoms with E-state index in [9.17, 15) is 14.4 Å². The summed E-state index contributed by atoms with van der Waals surface area (Å²) in [6.45, 7) is 1.92. The Balaban J connectivity index is 1.84. The molecular formula is C17H13N3O3. The van der Waals surface area contributed by atoms with E-state index in [2.05, 4.69) is 0 Å². The predicted octanol–water partition coefficient (Wildman–Crippen LogP) is 1.32. The van der Waals surface area contributed by atoms with Gasteiger partial charge in [-0.05, 0) is 30.7 Å². The Bertz CT molecular complexity index is 886. The van der Waals surface area contributed by atoms with Gasteiger partial charge in [0.2, 0.25) is 0 Å². The van der Waals surface area contributed by atoms with Crippen LogP contribution in [0, 0.1) is 18.3 Å². The van der Waals surface area contributed by atoms with E-state index in [4.69, 9.17) is 5.26 Å². The minimum atomic E-state index is -0.413. The van der Waals surface area contributed by atoms with Gasteiger partial charge in [0.1, 0.15) is 11.6 Å². The second kappa shape index (κ2) is 5.54. The van der Waals surface area contributed by atoms with Gasteiger partial charge in [0.25, 0.3) is 17.4 Å². The van der Waals surface area contributed by atoms with Gasteiger partial charge in [-0.3, -0.25) is 19.3 Å². The van der Waals surface area contributed by atoms with Gasteiger partial charge in [0.05, 0.1) is 11.1 Å². The SMILES string of the molecule is Cc1ccn(CCN2C(=O)c3ccccc3C2=O)c(=O)c1C#N. The van der Waals surface area contributed by atoms with Crippen LogP contribution in [0.25, 0.3) is 0 Å². The van der Waals surface area contributed by atoms with Gasteiger partial charge >= 0.3 is 0 Å². The first kappa shape index (κ1) is 14.7. The Kier molecular flexibility index (Phi) is 3.54. The van der Waals surface area contributed by atoms with Crippen LogP contribution in [-0.2, 0) is 6.54 Å². The maximum Gasteiger partial charge on any atom is 0.268 e. The number of amides is 2. The summed E-state index contributed by atoms with van der Waals surface area (Å²) in [5, 5.41) is 9.02. The highest BCUT2D eigenvalue weighted by Crippen LogP contribution is 2.22. The van der Waals surface area contributed by atoms with Crippen LogP contribution in [0.3, 0.4) is 0 Å². The molecule has 0 bridgehead atoms. The number of nitrogens with zero attached hydrogens (tertiary/aromatic N) is 3. The molecule has 2 aromatic rings. The molecule has 6 nitrogen and oxygen atoms in total. The molecule has 0 saturated heterocycles. The fourth-order valence-electron chi connectivity index (χ4n) is 2.63. The molecule has 2 heterocycles. The molecule has 0 aliphatic carbocycles. The zero-order valence-electron chi connectivity index (χ0n) is 12.4. The first-order chi connectivity index (χ1) is 11.0. The molecule has 0 saturated carbocycles. The first-order valence-corrected chi connectivity index (χ1v) is 7.10. The van der Waals surface area contributed by atoms with Crippen molar-refractivity contribution in [1.82, 2.24) is 9.47 Å². The number of aryl methyl sites for hydroxylation is 1. The number of pyridine rings is 1. The van der Waals surface area contributed by atoms with E-state index < -0.39 is 5.56 Å².